The van der Waals surface area contributed by atoms with Gasteiger partial charge >= 0.3 is 11.8 Å². The van der Waals surface area contributed by atoms with Gasteiger partial charge in [0.2, 0.25) is 0 Å². The second-order valence-electron chi connectivity index (χ2n) is 4.10. The van der Waals surface area contributed by atoms with Gasteiger partial charge in [-0.3, -0.25) is 9.59 Å². The number of rotatable bonds is 3. The first-order valence-electron chi connectivity index (χ1n) is 5.71. The first kappa shape index (κ1) is 13.2. The van der Waals surface area contributed by atoms with E-state index in [1.165, 1.54) is 0 Å². The van der Waals surface area contributed by atoms with Gasteiger partial charge in [0.25, 0.3) is 0 Å². The first-order valence-corrected chi connectivity index (χ1v) is 5.71. The topological polar surface area (TPSA) is 58.2 Å². The molecule has 0 aromatic heterocycles. The third-order valence-electron chi connectivity index (χ3n) is 2.51. The number of amides is 2. The Kier molecular flexibility index (Phi) is 4.69. The van der Waals surface area contributed by atoms with E-state index in [9.17, 15) is 9.59 Å². The summed E-state index contributed by atoms with van der Waals surface area (Å²) in [5.41, 5.74) is 1.73. The van der Waals surface area contributed by atoms with Crippen LogP contribution in [0.4, 0.5) is 5.69 Å². The minimum Gasteiger partial charge on any atom is -0.345 e. The van der Waals surface area contributed by atoms with Gasteiger partial charge in [-0.2, -0.15) is 0 Å². The van der Waals surface area contributed by atoms with Crippen LogP contribution in [0.2, 0.25) is 0 Å². The summed E-state index contributed by atoms with van der Waals surface area (Å²) < 4.78 is 0. The molecule has 0 aliphatic rings. The minimum absolute atomic E-state index is 0.00580. The highest BCUT2D eigenvalue weighted by molar-refractivity contribution is 6.39. The summed E-state index contributed by atoms with van der Waals surface area (Å²) in [6.07, 6.45) is 0.795. The van der Waals surface area contributed by atoms with Crippen molar-refractivity contribution in [2.24, 2.45) is 0 Å². The lowest BCUT2D eigenvalue weighted by Gasteiger charge is -2.11. The van der Waals surface area contributed by atoms with E-state index < -0.39 is 11.8 Å². The lowest BCUT2D eigenvalue weighted by molar-refractivity contribution is -0.136. The Hall–Kier alpha value is -1.84. The van der Waals surface area contributed by atoms with Crippen LogP contribution in [0.1, 0.15) is 25.8 Å². The molecule has 17 heavy (non-hydrogen) atoms. The fourth-order valence-corrected chi connectivity index (χ4v) is 1.22. The van der Waals surface area contributed by atoms with E-state index >= 15 is 0 Å². The predicted molar refractivity (Wildman–Crippen MR) is 67.7 cm³/mol. The average Bonchev–Trinajstić information content (AvgIpc) is 2.31. The Bertz CT molecular complexity index is 398. The summed E-state index contributed by atoms with van der Waals surface area (Å²) in [5, 5.41) is 5.16. The third kappa shape index (κ3) is 4.26. The average molecular weight is 234 g/mol. The van der Waals surface area contributed by atoms with Crippen molar-refractivity contribution in [3.8, 4) is 0 Å². The Balaban J connectivity index is 2.54. The fraction of sp³-hybridized carbons (Fsp3) is 0.385. The van der Waals surface area contributed by atoms with E-state index in [0.29, 0.717) is 5.69 Å². The summed E-state index contributed by atoms with van der Waals surface area (Å²) in [4.78, 5) is 23.0. The van der Waals surface area contributed by atoms with Gasteiger partial charge in [0.1, 0.15) is 0 Å². The van der Waals surface area contributed by atoms with Crippen molar-refractivity contribution >= 4 is 17.5 Å². The van der Waals surface area contributed by atoms with E-state index in [1.807, 2.05) is 32.9 Å². The van der Waals surface area contributed by atoms with Gasteiger partial charge in [-0.05, 0) is 32.4 Å². The van der Waals surface area contributed by atoms with Crippen LogP contribution >= 0.6 is 0 Å². The lowest BCUT2D eigenvalue weighted by Crippen LogP contribution is -2.40. The molecule has 4 heteroatoms. The van der Waals surface area contributed by atoms with E-state index in [-0.39, 0.29) is 6.04 Å². The molecule has 1 aromatic rings. The van der Waals surface area contributed by atoms with Gasteiger partial charge in [0, 0.05) is 11.7 Å². The predicted octanol–water partition coefficient (Wildman–Crippen LogP) is 1.85. The van der Waals surface area contributed by atoms with Crippen molar-refractivity contribution in [3.63, 3.8) is 0 Å². The highest BCUT2D eigenvalue weighted by atomic mass is 16.2. The first-order chi connectivity index (χ1) is 8.02. The van der Waals surface area contributed by atoms with Crippen LogP contribution in [0.25, 0.3) is 0 Å². The van der Waals surface area contributed by atoms with Gasteiger partial charge in [-0.1, -0.05) is 24.6 Å². The second kappa shape index (κ2) is 6.03. The van der Waals surface area contributed by atoms with Crippen LogP contribution in [0, 0.1) is 6.92 Å². The van der Waals surface area contributed by atoms with E-state index in [4.69, 9.17) is 0 Å². The van der Waals surface area contributed by atoms with Crippen LogP contribution in [0.5, 0.6) is 0 Å². The van der Waals surface area contributed by atoms with Gasteiger partial charge in [-0.15, -0.1) is 0 Å². The van der Waals surface area contributed by atoms with Crippen LogP contribution in [-0.4, -0.2) is 17.9 Å². The van der Waals surface area contributed by atoms with E-state index in [1.54, 1.807) is 12.1 Å². The Labute approximate surface area is 101 Å². The zero-order chi connectivity index (χ0) is 12.8. The van der Waals surface area contributed by atoms with E-state index in [2.05, 4.69) is 10.6 Å². The van der Waals surface area contributed by atoms with Gasteiger partial charge < -0.3 is 10.6 Å². The highest BCUT2D eigenvalue weighted by Gasteiger charge is 2.15. The van der Waals surface area contributed by atoms with Crippen LogP contribution in [0.15, 0.2) is 24.3 Å². The molecule has 0 spiro atoms. The number of benzene rings is 1. The highest BCUT2D eigenvalue weighted by Crippen LogP contribution is 2.08. The van der Waals surface area contributed by atoms with Crippen LogP contribution in [0.3, 0.4) is 0 Å². The number of hydrogen-bond acceptors (Lipinski definition) is 2. The largest absolute Gasteiger partial charge is 0.345 e. The number of aryl methyl sites for hydroxylation is 1. The molecule has 0 saturated carbocycles. The van der Waals surface area contributed by atoms with Gasteiger partial charge in [0.05, 0.1) is 0 Å². The SMILES string of the molecule is CC[C@H](C)NC(=O)C(=O)Nc1ccc(C)cc1. The number of carbonyl (C=O) groups is 2. The normalized spacial score (nSPS) is 11.7. The Morgan fingerprint density at radius 2 is 1.76 bits per heavy atom. The maximum Gasteiger partial charge on any atom is 0.313 e. The van der Waals surface area contributed by atoms with Crippen molar-refractivity contribution in [1.82, 2.24) is 5.32 Å². The van der Waals surface area contributed by atoms with Crippen molar-refractivity contribution < 1.29 is 9.59 Å². The molecular formula is C13H18N2O2. The quantitative estimate of drug-likeness (QED) is 0.784. The standard InChI is InChI=1S/C13H18N2O2/c1-4-10(3)14-12(16)13(17)15-11-7-5-9(2)6-8-11/h5-8,10H,4H2,1-3H3,(H,14,16)(H,15,17)/t10-/m0/s1. The molecule has 1 rings (SSSR count). The van der Waals surface area contributed by atoms with Crippen molar-refractivity contribution in [3.05, 3.63) is 29.8 Å². The van der Waals surface area contributed by atoms with Crippen molar-refractivity contribution in [2.45, 2.75) is 33.2 Å². The third-order valence-corrected chi connectivity index (χ3v) is 2.51. The number of nitrogens with one attached hydrogen (secondary N) is 2. The second-order valence-corrected chi connectivity index (χ2v) is 4.10. The zero-order valence-corrected chi connectivity index (χ0v) is 10.4. The summed E-state index contributed by atoms with van der Waals surface area (Å²) >= 11 is 0. The molecule has 0 heterocycles. The molecule has 0 radical (unpaired) electrons. The molecule has 0 aliphatic heterocycles. The molecule has 2 amide bonds. The van der Waals surface area contributed by atoms with Crippen LogP contribution < -0.4 is 10.6 Å². The van der Waals surface area contributed by atoms with Crippen LogP contribution in [-0.2, 0) is 9.59 Å². The maximum absolute atomic E-state index is 11.5. The maximum atomic E-state index is 11.5. The van der Waals surface area contributed by atoms with Gasteiger partial charge in [-0.25, -0.2) is 0 Å². The Morgan fingerprint density at radius 1 is 1.18 bits per heavy atom. The molecule has 4 nitrogen and oxygen atoms in total. The smallest absolute Gasteiger partial charge is 0.313 e. The molecule has 0 saturated heterocycles. The molecular weight excluding hydrogens is 216 g/mol. The number of hydrogen-bond donors (Lipinski definition) is 2. The molecule has 1 atom stereocenters. The molecule has 92 valence electrons. The summed E-state index contributed by atoms with van der Waals surface area (Å²) in [7, 11) is 0. The molecule has 2 N–H and O–H groups in total. The fourth-order valence-electron chi connectivity index (χ4n) is 1.22. The zero-order valence-electron chi connectivity index (χ0n) is 10.4. The van der Waals surface area contributed by atoms with Gasteiger partial charge in [0.15, 0.2) is 0 Å². The monoisotopic (exact) mass is 234 g/mol. The number of anilines is 1. The summed E-state index contributed by atoms with van der Waals surface area (Å²) in [6.45, 7) is 5.76. The summed E-state index contributed by atoms with van der Waals surface area (Å²) in [6, 6.07) is 7.30. The summed E-state index contributed by atoms with van der Waals surface area (Å²) in [5.74, 6) is -1.23. The van der Waals surface area contributed by atoms with Crippen molar-refractivity contribution in [1.29, 1.82) is 0 Å². The van der Waals surface area contributed by atoms with E-state index in [0.717, 1.165) is 12.0 Å². The molecule has 1 aromatic carbocycles. The number of carbonyl (C=O) groups excluding carboxylic acids is 2. The molecule has 0 fully saturated rings. The molecule has 0 unspecified atom stereocenters. The molecule has 0 aliphatic carbocycles. The van der Waals surface area contributed by atoms with Crippen molar-refractivity contribution in [2.75, 3.05) is 5.32 Å². The molecule has 0 bridgehead atoms. The minimum atomic E-state index is -0.630. The lowest BCUT2D eigenvalue weighted by atomic mass is 10.2. The Morgan fingerprint density at radius 3 is 2.29 bits per heavy atom.